The summed E-state index contributed by atoms with van der Waals surface area (Å²) in [6.45, 7) is 4.82. The number of hydrogen-bond acceptors (Lipinski definition) is 5. The van der Waals surface area contributed by atoms with Gasteiger partial charge in [-0.25, -0.2) is 4.98 Å². The number of aromatic nitrogens is 3. The van der Waals surface area contributed by atoms with Gasteiger partial charge in [-0.1, -0.05) is 24.3 Å². The molecule has 0 aliphatic carbocycles. The Morgan fingerprint density at radius 1 is 1.04 bits per heavy atom. The Balaban J connectivity index is 1.50. The van der Waals surface area contributed by atoms with Gasteiger partial charge in [0.2, 0.25) is 5.95 Å². The molecule has 1 aliphatic heterocycles. The van der Waals surface area contributed by atoms with Crippen molar-refractivity contribution in [2.45, 2.75) is 26.3 Å². The predicted octanol–water partition coefficient (Wildman–Crippen LogP) is 3.42. The Labute approximate surface area is 160 Å². The maximum absolute atomic E-state index is 4.87. The van der Waals surface area contributed by atoms with E-state index in [4.69, 9.17) is 4.98 Å². The normalized spacial score (nSPS) is 13.3. The summed E-state index contributed by atoms with van der Waals surface area (Å²) in [4.78, 5) is 18.1. The molecule has 0 saturated carbocycles. The van der Waals surface area contributed by atoms with E-state index in [0.717, 1.165) is 49.9 Å². The van der Waals surface area contributed by atoms with Crippen molar-refractivity contribution in [2.24, 2.45) is 0 Å². The first-order valence-electron chi connectivity index (χ1n) is 9.46. The molecule has 0 amide bonds. The molecule has 0 atom stereocenters. The van der Waals surface area contributed by atoms with Gasteiger partial charge in [0.05, 0.1) is 0 Å². The summed E-state index contributed by atoms with van der Waals surface area (Å²) in [5.74, 6) is 1.81. The predicted molar refractivity (Wildman–Crippen MR) is 109 cm³/mol. The number of hydrogen-bond donors (Lipinski definition) is 0. The molecular formula is C22H25N5. The number of nitrogens with zero attached hydrogens (tertiary/aromatic N) is 5. The van der Waals surface area contributed by atoms with E-state index in [1.807, 2.05) is 19.3 Å². The van der Waals surface area contributed by atoms with Crippen molar-refractivity contribution in [3.05, 3.63) is 77.2 Å². The van der Waals surface area contributed by atoms with Crippen LogP contribution in [0.2, 0.25) is 0 Å². The fraction of sp³-hybridized carbons (Fsp3) is 0.318. The van der Waals surface area contributed by atoms with Crippen LogP contribution >= 0.6 is 0 Å². The molecule has 5 nitrogen and oxygen atoms in total. The highest BCUT2D eigenvalue weighted by molar-refractivity contribution is 5.48. The van der Waals surface area contributed by atoms with E-state index >= 15 is 0 Å². The fourth-order valence-electron chi connectivity index (χ4n) is 3.51. The standard InChI is InChI=1S/C22H25N5/c1-17-15-21(27-14-10-19-5-3-4-6-20(19)16-27)25-22(24-17)26(2)13-9-18-7-11-23-12-8-18/h3-8,11-12,15H,9-10,13-14,16H2,1-2H3. The molecule has 27 heavy (non-hydrogen) atoms. The van der Waals surface area contributed by atoms with Crippen molar-refractivity contribution >= 4 is 11.8 Å². The second kappa shape index (κ2) is 7.74. The number of benzene rings is 1. The maximum Gasteiger partial charge on any atom is 0.227 e. The zero-order chi connectivity index (χ0) is 18.6. The Bertz CT molecular complexity index is 910. The lowest BCUT2D eigenvalue weighted by Crippen LogP contribution is -2.32. The number of aryl methyl sites for hydroxylation is 1. The second-order valence-electron chi connectivity index (χ2n) is 7.13. The van der Waals surface area contributed by atoms with Gasteiger partial charge < -0.3 is 9.80 Å². The molecule has 0 bridgehead atoms. The molecule has 0 N–H and O–H groups in total. The van der Waals surface area contributed by atoms with Gasteiger partial charge in [-0.05, 0) is 48.6 Å². The van der Waals surface area contributed by atoms with Gasteiger partial charge in [-0.3, -0.25) is 4.98 Å². The summed E-state index contributed by atoms with van der Waals surface area (Å²) in [6, 6.07) is 14.9. The molecule has 0 radical (unpaired) electrons. The minimum Gasteiger partial charge on any atom is -0.352 e. The first kappa shape index (κ1) is 17.5. The molecule has 0 fully saturated rings. The third-order valence-electron chi connectivity index (χ3n) is 5.11. The first-order valence-corrected chi connectivity index (χ1v) is 9.46. The zero-order valence-electron chi connectivity index (χ0n) is 16.0. The Morgan fingerprint density at radius 3 is 2.63 bits per heavy atom. The summed E-state index contributed by atoms with van der Waals surface area (Å²) in [6.07, 6.45) is 5.69. The molecule has 3 aromatic rings. The summed E-state index contributed by atoms with van der Waals surface area (Å²) >= 11 is 0. The minimum atomic E-state index is 0.790. The summed E-state index contributed by atoms with van der Waals surface area (Å²) in [5, 5.41) is 0. The smallest absolute Gasteiger partial charge is 0.227 e. The van der Waals surface area contributed by atoms with Crippen LogP contribution < -0.4 is 9.80 Å². The van der Waals surface area contributed by atoms with Crippen LogP contribution in [0.15, 0.2) is 54.9 Å². The SMILES string of the molecule is Cc1cc(N2CCc3ccccc3C2)nc(N(C)CCc2ccncc2)n1. The first-order chi connectivity index (χ1) is 13.2. The van der Waals surface area contributed by atoms with Crippen LogP contribution in [0.3, 0.4) is 0 Å². The quantitative estimate of drug-likeness (QED) is 0.698. The number of pyridine rings is 1. The van der Waals surface area contributed by atoms with Gasteiger partial charge >= 0.3 is 0 Å². The molecule has 0 unspecified atom stereocenters. The highest BCUT2D eigenvalue weighted by atomic mass is 15.3. The largest absolute Gasteiger partial charge is 0.352 e. The van der Waals surface area contributed by atoms with Crippen LogP contribution in [-0.2, 0) is 19.4 Å². The fourth-order valence-corrected chi connectivity index (χ4v) is 3.51. The Kier molecular flexibility index (Phi) is 5.01. The summed E-state index contributed by atoms with van der Waals surface area (Å²) in [7, 11) is 2.06. The number of anilines is 2. The molecular weight excluding hydrogens is 334 g/mol. The van der Waals surface area contributed by atoms with Gasteiger partial charge in [0, 0.05) is 50.8 Å². The lowest BCUT2D eigenvalue weighted by Gasteiger charge is -2.30. The van der Waals surface area contributed by atoms with Gasteiger partial charge in [-0.2, -0.15) is 4.98 Å². The topological polar surface area (TPSA) is 45.2 Å². The number of likely N-dealkylation sites (N-methyl/N-ethyl adjacent to an activating group) is 1. The van der Waals surface area contributed by atoms with Gasteiger partial charge in [0.15, 0.2) is 0 Å². The lowest BCUT2D eigenvalue weighted by atomic mass is 10.00. The van der Waals surface area contributed by atoms with Gasteiger partial charge in [0.1, 0.15) is 5.82 Å². The van der Waals surface area contributed by atoms with Crippen molar-refractivity contribution in [3.8, 4) is 0 Å². The van der Waals surface area contributed by atoms with Crippen molar-refractivity contribution in [3.63, 3.8) is 0 Å². The molecule has 0 saturated heterocycles. The van der Waals surface area contributed by atoms with Gasteiger partial charge in [0.25, 0.3) is 0 Å². The van der Waals surface area contributed by atoms with E-state index < -0.39 is 0 Å². The molecule has 3 heterocycles. The van der Waals surface area contributed by atoms with E-state index in [-0.39, 0.29) is 0 Å². The minimum absolute atomic E-state index is 0.790. The monoisotopic (exact) mass is 359 g/mol. The third-order valence-corrected chi connectivity index (χ3v) is 5.11. The van der Waals surface area contributed by atoms with E-state index in [0.29, 0.717) is 0 Å². The second-order valence-corrected chi connectivity index (χ2v) is 7.13. The van der Waals surface area contributed by atoms with Gasteiger partial charge in [-0.15, -0.1) is 0 Å². The molecule has 1 aromatic carbocycles. The van der Waals surface area contributed by atoms with Crippen molar-refractivity contribution < 1.29 is 0 Å². The van der Waals surface area contributed by atoms with Crippen LogP contribution in [0, 0.1) is 6.92 Å². The van der Waals surface area contributed by atoms with Crippen LogP contribution in [0.5, 0.6) is 0 Å². The van der Waals surface area contributed by atoms with Crippen LogP contribution in [0.4, 0.5) is 11.8 Å². The zero-order valence-corrected chi connectivity index (χ0v) is 16.0. The highest BCUT2D eigenvalue weighted by Crippen LogP contribution is 2.24. The third kappa shape index (κ3) is 4.08. The Morgan fingerprint density at radius 2 is 1.81 bits per heavy atom. The summed E-state index contributed by atoms with van der Waals surface area (Å²) < 4.78 is 0. The van der Waals surface area contributed by atoms with Crippen LogP contribution in [0.1, 0.15) is 22.4 Å². The van der Waals surface area contributed by atoms with Crippen LogP contribution in [-0.4, -0.2) is 35.1 Å². The van der Waals surface area contributed by atoms with E-state index in [1.54, 1.807) is 0 Å². The van der Waals surface area contributed by atoms with E-state index in [2.05, 4.69) is 69.3 Å². The summed E-state index contributed by atoms with van der Waals surface area (Å²) in [5.41, 5.74) is 5.13. The number of rotatable bonds is 5. The average molecular weight is 359 g/mol. The van der Waals surface area contributed by atoms with Crippen molar-refractivity contribution in [1.29, 1.82) is 0 Å². The van der Waals surface area contributed by atoms with Crippen molar-refractivity contribution in [1.82, 2.24) is 15.0 Å². The molecule has 138 valence electrons. The molecule has 0 spiro atoms. The Hall–Kier alpha value is -2.95. The lowest BCUT2D eigenvalue weighted by molar-refractivity contribution is 0.715. The molecule has 4 rings (SSSR count). The molecule has 2 aromatic heterocycles. The number of fused-ring (bicyclic) bond motifs is 1. The van der Waals surface area contributed by atoms with E-state index in [9.17, 15) is 0 Å². The highest BCUT2D eigenvalue weighted by Gasteiger charge is 2.18. The average Bonchev–Trinajstić information content (AvgIpc) is 2.72. The maximum atomic E-state index is 4.87. The van der Waals surface area contributed by atoms with E-state index in [1.165, 1.54) is 16.7 Å². The van der Waals surface area contributed by atoms with Crippen molar-refractivity contribution in [2.75, 3.05) is 29.9 Å². The molecule has 5 heteroatoms. The molecule has 1 aliphatic rings. The van der Waals surface area contributed by atoms with Crippen LogP contribution in [0.25, 0.3) is 0 Å².